The first-order valence-corrected chi connectivity index (χ1v) is 8.51. The van der Waals surface area contributed by atoms with E-state index < -0.39 is 6.10 Å². The summed E-state index contributed by atoms with van der Waals surface area (Å²) >= 11 is 0. The van der Waals surface area contributed by atoms with E-state index in [4.69, 9.17) is 0 Å². The molecular formula is C23H24O. The van der Waals surface area contributed by atoms with Crippen molar-refractivity contribution in [1.82, 2.24) is 0 Å². The van der Waals surface area contributed by atoms with Crippen molar-refractivity contribution in [2.24, 2.45) is 0 Å². The molecular weight excluding hydrogens is 292 g/mol. The van der Waals surface area contributed by atoms with E-state index in [0.29, 0.717) is 6.42 Å². The predicted octanol–water partition coefficient (Wildman–Crippen LogP) is 5.56. The van der Waals surface area contributed by atoms with Crippen LogP contribution in [0.25, 0.3) is 0 Å². The maximum Gasteiger partial charge on any atom is 0.0804 e. The van der Waals surface area contributed by atoms with Crippen molar-refractivity contribution in [3.63, 3.8) is 0 Å². The topological polar surface area (TPSA) is 20.2 Å². The van der Waals surface area contributed by atoms with Gasteiger partial charge in [-0.05, 0) is 48.1 Å². The Morgan fingerprint density at radius 2 is 1.12 bits per heavy atom. The molecule has 0 amide bonds. The fourth-order valence-electron chi connectivity index (χ4n) is 3.53. The van der Waals surface area contributed by atoms with Gasteiger partial charge in [0.15, 0.2) is 0 Å². The van der Waals surface area contributed by atoms with E-state index in [9.17, 15) is 5.11 Å². The average molecular weight is 316 g/mol. The lowest BCUT2D eigenvalue weighted by molar-refractivity contribution is 0.160. The van der Waals surface area contributed by atoms with Crippen LogP contribution in [0.15, 0.2) is 78.9 Å². The maximum absolute atomic E-state index is 11.0. The third kappa shape index (κ3) is 3.58. The Bertz CT molecular complexity index is 718. The summed E-state index contributed by atoms with van der Waals surface area (Å²) in [5.74, 6) is 0.182. The van der Waals surface area contributed by atoms with Crippen LogP contribution >= 0.6 is 0 Å². The Morgan fingerprint density at radius 1 is 0.667 bits per heavy atom. The molecule has 1 N–H and O–H groups in total. The van der Waals surface area contributed by atoms with E-state index in [-0.39, 0.29) is 5.92 Å². The molecule has 0 aliphatic rings. The van der Waals surface area contributed by atoms with E-state index >= 15 is 0 Å². The van der Waals surface area contributed by atoms with Gasteiger partial charge in [-0.3, -0.25) is 0 Å². The van der Waals surface area contributed by atoms with Gasteiger partial charge < -0.3 is 5.11 Å². The Kier molecular flexibility index (Phi) is 5.12. The molecule has 24 heavy (non-hydrogen) atoms. The van der Waals surface area contributed by atoms with Gasteiger partial charge in [0.1, 0.15) is 0 Å². The van der Waals surface area contributed by atoms with Crippen molar-refractivity contribution in [1.29, 1.82) is 0 Å². The first kappa shape index (κ1) is 16.5. The SMILES string of the molecule is Cc1cccc(C)c1C(O)CC(c1ccccc1)c1ccccc1. The zero-order chi connectivity index (χ0) is 16.9. The summed E-state index contributed by atoms with van der Waals surface area (Å²) in [6.45, 7) is 4.15. The standard InChI is InChI=1S/C23H24O/c1-17-10-9-11-18(2)23(17)22(24)16-21(19-12-5-3-6-13-19)20-14-7-4-8-15-20/h3-15,21-22,24H,16H2,1-2H3. The van der Waals surface area contributed by atoms with Gasteiger partial charge >= 0.3 is 0 Å². The highest BCUT2D eigenvalue weighted by Crippen LogP contribution is 2.35. The van der Waals surface area contributed by atoms with Crippen molar-refractivity contribution < 1.29 is 5.11 Å². The van der Waals surface area contributed by atoms with Crippen LogP contribution in [0.1, 0.15) is 46.3 Å². The quantitative estimate of drug-likeness (QED) is 0.653. The van der Waals surface area contributed by atoms with Crippen LogP contribution in [0.2, 0.25) is 0 Å². The Labute approximate surface area is 144 Å². The number of hydrogen-bond acceptors (Lipinski definition) is 1. The van der Waals surface area contributed by atoms with Gasteiger partial charge in [0, 0.05) is 5.92 Å². The van der Waals surface area contributed by atoms with Crippen molar-refractivity contribution in [3.05, 3.63) is 107 Å². The third-order valence-electron chi connectivity index (χ3n) is 4.74. The fourth-order valence-corrected chi connectivity index (χ4v) is 3.53. The molecule has 1 nitrogen and oxygen atoms in total. The Morgan fingerprint density at radius 3 is 1.58 bits per heavy atom. The summed E-state index contributed by atoms with van der Waals surface area (Å²) in [6.07, 6.45) is 0.205. The van der Waals surface area contributed by atoms with Crippen molar-refractivity contribution in [3.8, 4) is 0 Å². The van der Waals surface area contributed by atoms with Crippen molar-refractivity contribution >= 4 is 0 Å². The second-order valence-corrected chi connectivity index (χ2v) is 6.43. The van der Waals surface area contributed by atoms with Crippen LogP contribution in [0.4, 0.5) is 0 Å². The van der Waals surface area contributed by atoms with Crippen LogP contribution in [-0.4, -0.2) is 5.11 Å². The number of aliphatic hydroxyl groups is 1. The molecule has 1 unspecified atom stereocenters. The normalized spacial score (nSPS) is 12.3. The van der Waals surface area contributed by atoms with Crippen LogP contribution in [-0.2, 0) is 0 Å². The monoisotopic (exact) mass is 316 g/mol. The molecule has 0 aliphatic heterocycles. The molecule has 1 heteroatoms. The summed E-state index contributed by atoms with van der Waals surface area (Å²) in [5.41, 5.74) is 5.86. The van der Waals surface area contributed by atoms with Gasteiger partial charge in [0.05, 0.1) is 6.10 Å². The molecule has 0 bridgehead atoms. The highest BCUT2D eigenvalue weighted by molar-refractivity contribution is 5.38. The van der Waals surface area contributed by atoms with Crippen LogP contribution in [0.3, 0.4) is 0 Å². The zero-order valence-electron chi connectivity index (χ0n) is 14.3. The molecule has 0 aromatic heterocycles. The van der Waals surface area contributed by atoms with Gasteiger partial charge in [-0.2, -0.15) is 0 Å². The first-order chi connectivity index (χ1) is 11.7. The molecule has 122 valence electrons. The van der Waals surface area contributed by atoms with Crippen LogP contribution in [0.5, 0.6) is 0 Å². The highest BCUT2D eigenvalue weighted by atomic mass is 16.3. The van der Waals surface area contributed by atoms with E-state index in [2.05, 4.69) is 74.5 Å². The molecule has 0 fully saturated rings. The van der Waals surface area contributed by atoms with Gasteiger partial charge in [0.25, 0.3) is 0 Å². The van der Waals surface area contributed by atoms with Crippen molar-refractivity contribution in [2.75, 3.05) is 0 Å². The molecule has 0 radical (unpaired) electrons. The van der Waals surface area contributed by atoms with Gasteiger partial charge in [-0.15, -0.1) is 0 Å². The number of benzene rings is 3. The molecule has 1 atom stereocenters. The smallest absolute Gasteiger partial charge is 0.0804 e. The molecule has 0 saturated heterocycles. The number of aryl methyl sites for hydroxylation is 2. The highest BCUT2D eigenvalue weighted by Gasteiger charge is 2.21. The van der Waals surface area contributed by atoms with E-state index in [1.807, 2.05) is 18.2 Å². The molecule has 3 rings (SSSR count). The van der Waals surface area contributed by atoms with Crippen LogP contribution in [0, 0.1) is 13.8 Å². The summed E-state index contributed by atoms with van der Waals surface area (Å²) in [4.78, 5) is 0. The average Bonchev–Trinajstić information content (AvgIpc) is 2.61. The molecule has 0 saturated carbocycles. The maximum atomic E-state index is 11.0. The minimum Gasteiger partial charge on any atom is -0.388 e. The molecule has 3 aromatic rings. The largest absolute Gasteiger partial charge is 0.388 e. The summed E-state index contributed by atoms with van der Waals surface area (Å²) in [5, 5.41) is 11.0. The fraction of sp³-hybridized carbons (Fsp3) is 0.217. The zero-order valence-corrected chi connectivity index (χ0v) is 14.3. The van der Waals surface area contributed by atoms with Crippen LogP contribution < -0.4 is 0 Å². The lowest BCUT2D eigenvalue weighted by Crippen LogP contribution is -2.10. The third-order valence-corrected chi connectivity index (χ3v) is 4.74. The minimum atomic E-state index is -0.475. The first-order valence-electron chi connectivity index (χ1n) is 8.51. The lowest BCUT2D eigenvalue weighted by Gasteiger charge is -2.24. The van der Waals surface area contributed by atoms with E-state index in [0.717, 1.165) is 16.7 Å². The molecule has 0 heterocycles. The van der Waals surface area contributed by atoms with E-state index in [1.54, 1.807) is 0 Å². The lowest BCUT2D eigenvalue weighted by atomic mass is 9.83. The molecule has 0 aliphatic carbocycles. The Balaban J connectivity index is 1.96. The molecule has 3 aromatic carbocycles. The Hall–Kier alpha value is -2.38. The number of rotatable bonds is 5. The summed E-state index contributed by atoms with van der Waals surface area (Å²) in [6, 6.07) is 27.1. The number of aliphatic hydroxyl groups excluding tert-OH is 1. The minimum absolute atomic E-state index is 0.182. The second kappa shape index (κ2) is 7.46. The van der Waals surface area contributed by atoms with Gasteiger partial charge in [-0.25, -0.2) is 0 Å². The van der Waals surface area contributed by atoms with E-state index in [1.165, 1.54) is 11.1 Å². The van der Waals surface area contributed by atoms with Gasteiger partial charge in [-0.1, -0.05) is 78.9 Å². The van der Waals surface area contributed by atoms with Gasteiger partial charge in [0.2, 0.25) is 0 Å². The predicted molar refractivity (Wildman–Crippen MR) is 100 cm³/mol. The number of hydrogen-bond donors (Lipinski definition) is 1. The van der Waals surface area contributed by atoms with Crippen molar-refractivity contribution in [2.45, 2.75) is 32.3 Å². The molecule has 0 spiro atoms. The summed E-state index contributed by atoms with van der Waals surface area (Å²) in [7, 11) is 0. The summed E-state index contributed by atoms with van der Waals surface area (Å²) < 4.78 is 0. The second-order valence-electron chi connectivity index (χ2n) is 6.43.